The second-order valence-corrected chi connectivity index (χ2v) is 8.56. The van der Waals surface area contributed by atoms with E-state index >= 15 is 0 Å². The molecule has 2 N–H and O–H groups in total. The van der Waals surface area contributed by atoms with E-state index in [0.717, 1.165) is 11.1 Å². The first-order valence-electron chi connectivity index (χ1n) is 7.04. The SMILES string of the molecule is Cc1ccc(S(=O)(=O)O)c(Cc2cc(C)cc(C)c2S(=O)(=O)O)c1. The Balaban J connectivity index is 2.72. The third kappa shape index (κ3) is 4.02. The van der Waals surface area contributed by atoms with Gasteiger partial charge in [-0.25, -0.2) is 0 Å². The number of hydrogen-bond donors (Lipinski definition) is 2. The van der Waals surface area contributed by atoms with Crippen LogP contribution in [0, 0.1) is 20.8 Å². The lowest BCUT2D eigenvalue weighted by Crippen LogP contribution is -2.09. The van der Waals surface area contributed by atoms with E-state index in [1.165, 1.54) is 12.1 Å². The Hall–Kier alpha value is -1.74. The van der Waals surface area contributed by atoms with Crippen LogP contribution in [0.5, 0.6) is 0 Å². The monoisotopic (exact) mass is 370 g/mol. The van der Waals surface area contributed by atoms with E-state index in [2.05, 4.69) is 0 Å². The fraction of sp³-hybridized carbons (Fsp3) is 0.250. The largest absolute Gasteiger partial charge is 0.295 e. The molecule has 0 atom stereocenters. The van der Waals surface area contributed by atoms with Gasteiger partial charge in [-0.3, -0.25) is 9.11 Å². The molecular weight excluding hydrogens is 352 g/mol. The molecule has 2 aromatic rings. The lowest BCUT2D eigenvalue weighted by Gasteiger charge is -2.14. The normalized spacial score (nSPS) is 12.4. The van der Waals surface area contributed by atoms with Crippen LogP contribution in [0.15, 0.2) is 40.1 Å². The Morgan fingerprint density at radius 1 is 0.792 bits per heavy atom. The van der Waals surface area contributed by atoms with E-state index in [4.69, 9.17) is 0 Å². The molecular formula is C16H18O6S2. The Labute approximate surface area is 141 Å². The third-order valence-corrected chi connectivity index (χ3v) is 5.68. The van der Waals surface area contributed by atoms with Crippen molar-refractivity contribution in [2.45, 2.75) is 37.0 Å². The van der Waals surface area contributed by atoms with Gasteiger partial charge in [0.25, 0.3) is 20.2 Å². The van der Waals surface area contributed by atoms with Gasteiger partial charge in [-0.1, -0.05) is 35.4 Å². The van der Waals surface area contributed by atoms with E-state index in [0.29, 0.717) is 5.56 Å². The summed E-state index contributed by atoms with van der Waals surface area (Å²) in [5, 5.41) is 0. The maximum atomic E-state index is 11.7. The summed E-state index contributed by atoms with van der Waals surface area (Å²) in [4.78, 5) is -0.524. The molecule has 0 aliphatic heterocycles. The van der Waals surface area contributed by atoms with Crippen LogP contribution in [0.3, 0.4) is 0 Å². The molecule has 24 heavy (non-hydrogen) atoms. The molecule has 0 aliphatic rings. The van der Waals surface area contributed by atoms with Crippen molar-refractivity contribution in [2.24, 2.45) is 0 Å². The fourth-order valence-electron chi connectivity index (χ4n) is 2.85. The van der Waals surface area contributed by atoms with Gasteiger partial charge in [0.05, 0.1) is 4.90 Å². The highest BCUT2D eigenvalue weighted by Crippen LogP contribution is 2.27. The minimum atomic E-state index is -4.47. The minimum Gasteiger partial charge on any atom is -0.282 e. The molecule has 0 amide bonds. The zero-order valence-corrected chi connectivity index (χ0v) is 15.1. The summed E-state index contributed by atoms with van der Waals surface area (Å²) < 4.78 is 65.4. The van der Waals surface area contributed by atoms with E-state index in [9.17, 15) is 25.9 Å². The van der Waals surface area contributed by atoms with Gasteiger partial charge >= 0.3 is 0 Å². The van der Waals surface area contributed by atoms with Crippen molar-refractivity contribution in [3.8, 4) is 0 Å². The minimum absolute atomic E-state index is 0.0611. The number of hydrogen-bond acceptors (Lipinski definition) is 4. The van der Waals surface area contributed by atoms with Gasteiger partial charge in [0.15, 0.2) is 0 Å². The smallest absolute Gasteiger partial charge is 0.282 e. The third-order valence-electron chi connectivity index (χ3n) is 3.63. The van der Waals surface area contributed by atoms with Crippen molar-refractivity contribution in [1.29, 1.82) is 0 Å². The molecule has 0 saturated carbocycles. The molecule has 2 rings (SSSR count). The predicted molar refractivity (Wildman–Crippen MR) is 89.5 cm³/mol. The Kier molecular flexibility index (Phi) is 4.87. The van der Waals surface area contributed by atoms with Crippen LogP contribution in [0.2, 0.25) is 0 Å². The molecule has 0 unspecified atom stereocenters. The molecule has 0 radical (unpaired) electrons. The van der Waals surface area contributed by atoms with Crippen molar-refractivity contribution in [2.75, 3.05) is 0 Å². The van der Waals surface area contributed by atoms with Gasteiger partial charge in [-0.15, -0.1) is 0 Å². The molecule has 8 heteroatoms. The second-order valence-electron chi connectivity index (χ2n) is 5.81. The van der Waals surface area contributed by atoms with Crippen LogP contribution in [0.1, 0.15) is 27.8 Å². The first-order chi connectivity index (χ1) is 10.9. The molecule has 0 fully saturated rings. The molecule has 0 saturated heterocycles. The highest BCUT2D eigenvalue weighted by molar-refractivity contribution is 7.86. The van der Waals surface area contributed by atoms with Gasteiger partial charge in [-0.2, -0.15) is 16.8 Å². The van der Waals surface area contributed by atoms with Crippen molar-refractivity contribution in [3.63, 3.8) is 0 Å². The first kappa shape index (κ1) is 18.6. The Bertz CT molecular complexity index is 1010. The van der Waals surface area contributed by atoms with Crippen molar-refractivity contribution >= 4 is 20.2 Å². The molecule has 0 aliphatic carbocycles. The summed E-state index contributed by atoms with van der Waals surface area (Å²) in [5.41, 5.74) is 2.43. The summed E-state index contributed by atoms with van der Waals surface area (Å²) >= 11 is 0. The van der Waals surface area contributed by atoms with Crippen LogP contribution in [-0.2, 0) is 26.7 Å². The maximum absolute atomic E-state index is 11.7. The summed E-state index contributed by atoms with van der Waals surface area (Å²) in [6, 6.07) is 7.57. The molecule has 0 heterocycles. The van der Waals surface area contributed by atoms with Crippen molar-refractivity contribution < 1.29 is 25.9 Å². The summed E-state index contributed by atoms with van der Waals surface area (Å²) in [6.45, 7) is 5.08. The first-order valence-corrected chi connectivity index (χ1v) is 9.92. The highest BCUT2D eigenvalue weighted by Gasteiger charge is 2.22. The van der Waals surface area contributed by atoms with Crippen molar-refractivity contribution in [3.05, 3.63) is 58.1 Å². The van der Waals surface area contributed by atoms with Crippen molar-refractivity contribution in [1.82, 2.24) is 0 Å². The molecule has 130 valence electrons. The quantitative estimate of drug-likeness (QED) is 0.801. The number of aryl methyl sites for hydroxylation is 3. The predicted octanol–water partition coefficient (Wildman–Crippen LogP) is 2.70. The molecule has 0 aromatic heterocycles. The van der Waals surface area contributed by atoms with E-state index in [1.54, 1.807) is 39.0 Å². The van der Waals surface area contributed by atoms with Crippen LogP contribution >= 0.6 is 0 Å². The molecule has 2 aromatic carbocycles. The maximum Gasteiger partial charge on any atom is 0.295 e. The van der Waals surface area contributed by atoms with Crippen LogP contribution in [0.25, 0.3) is 0 Å². The Morgan fingerprint density at radius 2 is 1.38 bits per heavy atom. The lowest BCUT2D eigenvalue weighted by molar-refractivity contribution is 0.480. The second kappa shape index (κ2) is 6.29. The molecule has 0 spiro atoms. The van der Waals surface area contributed by atoms with Gasteiger partial charge < -0.3 is 0 Å². The zero-order chi connectivity index (χ0) is 18.3. The van der Waals surface area contributed by atoms with Gasteiger partial charge in [0.2, 0.25) is 0 Å². The topological polar surface area (TPSA) is 109 Å². The van der Waals surface area contributed by atoms with Crippen LogP contribution in [0.4, 0.5) is 0 Å². The average Bonchev–Trinajstić information content (AvgIpc) is 2.34. The fourth-order valence-corrected chi connectivity index (χ4v) is 4.48. The standard InChI is InChI=1S/C16H18O6S2/c1-10-4-5-15(23(17,18)19)13(7-10)9-14-8-11(2)6-12(3)16(14)24(20,21)22/h4-8H,9H2,1-3H3,(H,17,18,19)(H,20,21,22). The van der Waals surface area contributed by atoms with Crippen LogP contribution < -0.4 is 0 Å². The van der Waals surface area contributed by atoms with E-state index in [1.807, 2.05) is 0 Å². The average molecular weight is 370 g/mol. The number of rotatable bonds is 4. The van der Waals surface area contributed by atoms with Gasteiger partial charge in [-0.05, 0) is 43.5 Å². The van der Waals surface area contributed by atoms with E-state index < -0.39 is 20.2 Å². The summed E-state index contributed by atoms with van der Waals surface area (Å²) in [5.74, 6) is 0. The Morgan fingerprint density at radius 3 is 1.92 bits per heavy atom. The highest BCUT2D eigenvalue weighted by atomic mass is 32.2. The zero-order valence-electron chi connectivity index (χ0n) is 13.4. The lowest BCUT2D eigenvalue weighted by atomic mass is 9.99. The summed E-state index contributed by atoms with van der Waals surface area (Å²) in [6.07, 6.45) is -0.0611. The van der Waals surface area contributed by atoms with Gasteiger partial charge in [0.1, 0.15) is 4.90 Å². The molecule has 0 bridgehead atoms. The van der Waals surface area contributed by atoms with Crippen LogP contribution in [-0.4, -0.2) is 25.9 Å². The van der Waals surface area contributed by atoms with Gasteiger partial charge in [0, 0.05) is 6.42 Å². The molecule has 6 nitrogen and oxygen atoms in total. The summed E-state index contributed by atoms with van der Waals surface area (Å²) in [7, 11) is -8.92. The number of benzene rings is 2. The van der Waals surface area contributed by atoms with E-state index in [-0.39, 0.29) is 27.3 Å².